The van der Waals surface area contributed by atoms with Crippen LogP contribution in [0.4, 0.5) is 4.79 Å². The molecular weight excluding hydrogens is 220 g/mol. The van der Waals surface area contributed by atoms with Crippen molar-refractivity contribution < 1.29 is 14.7 Å². The van der Waals surface area contributed by atoms with Crippen LogP contribution in [-0.2, 0) is 4.79 Å². The number of carboxylic acid groups (broad SMARTS) is 1. The van der Waals surface area contributed by atoms with Crippen LogP contribution in [0.25, 0.3) is 0 Å². The second-order valence-corrected chi connectivity index (χ2v) is 4.66. The quantitative estimate of drug-likeness (QED) is 0.652. The van der Waals surface area contributed by atoms with E-state index in [0.29, 0.717) is 0 Å². The Morgan fingerprint density at radius 3 is 2.53 bits per heavy atom. The van der Waals surface area contributed by atoms with Gasteiger partial charge in [-0.25, -0.2) is 9.59 Å². The van der Waals surface area contributed by atoms with E-state index in [2.05, 4.69) is 16.7 Å². The van der Waals surface area contributed by atoms with E-state index in [4.69, 9.17) is 5.11 Å². The Balaban J connectivity index is 2.42. The molecule has 0 bridgehead atoms. The number of hydrogen-bond donors (Lipinski definition) is 3. The zero-order chi connectivity index (χ0) is 12.8. The zero-order valence-corrected chi connectivity index (χ0v) is 10.3. The lowest BCUT2D eigenvalue weighted by atomic mass is 10.0. The van der Waals surface area contributed by atoms with Crippen molar-refractivity contribution in [1.29, 1.82) is 0 Å². The fourth-order valence-electron chi connectivity index (χ4n) is 1.81. The molecule has 96 valence electrons. The minimum atomic E-state index is -1.00. The van der Waals surface area contributed by atoms with Gasteiger partial charge in [0.25, 0.3) is 0 Å². The average molecular weight is 240 g/mol. The van der Waals surface area contributed by atoms with E-state index in [1.165, 1.54) is 0 Å². The maximum absolute atomic E-state index is 11.6. The molecule has 0 saturated carbocycles. The minimum Gasteiger partial charge on any atom is -0.480 e. The zero-order valence-electron chi connectivity index (χ0n) is 10.3. The van der Waals surface area contributed by atoms with Gasteiger partial charge >= 0.3 is 12.0 Å². The number of aliphatic carboxylic acids is 1. The summed E-state index contributed by atoms with van der Waals surface area (Å²) in [5, 5.41) is 14.2. The van der Waals surface area contributed by atoms with Crippen LogP contribution in [-0.4, -0.2) is 29.2 Å². The number of carbonyl (C=O) groups is 2. The number of nitrogens with one attached hydrogen (secondary N) is 2. The predicted molar refractivity (Wildman–Crippen MR) is 64.7 cm³/mol. The van der Waals surface area contributed by atoms with E-state index < -0.39 is 18.0 Å². The highest BCUT2D eigenvalue weighted by Gasteiger charge is 2.24. The topological polar surface area (TPSA) is 78.4 Å². The highest BCUT2D eigenvalue weighted by molar-refractivity contribution is 5.82. The Morgan fingerprint density at radius 1 is 1.35 bits per heavy atom. The number of carboxylic acids is 1. The van der Waals surface area contributed by atoms with Crippen LogP contribution in [0.2, 0.25) is 0 Å². The van der Waals surface area contributed by atoms with E-state index in [-0.39, 0.29) is 12.0 Å². The van der Waals surface area contributed by atoms with Gasteiger partial charge in [0.1, 0.15) is 6.04 Å². The normalized spacial score (nSPS) is 21.0. The fourth-order valence-corrected chi connectivity index (χ4v) is 1.81. The van der Waals surface area contributed by atoms with E-state index in [1.54, 1.807) is 13.8 Å². The average Bonchev–Trinajstić information content (AvgIpc) is 2.26. The Kier molecular flexibility index (Phi) is 5.00. The molecule has 0 heterocycles. The molecule has 17 heavy (non-hydrogen) atoms. The summed E-state index contributed by atoms with van der Waals surface area (Å²) in [5.74, 6) is -1.14. The number of hydrogen-bond acceptors (Lipinski definition) is 2. The van der Waals surface area contributed by atoms with E-state index in [9.17, 15) is 9.59 Å². The lowest BCUT2D eigenvalue weighted by Gasteiger charge is -2.23. The first-order chi connectivity index (χ1) is 8.00. The molecule has 0 aromatic heterocycles. The van der Waals surface area contributed by atoms with Crippen molar-refractivity contribution in [2.24, 2.45) is 5.92 Å². The minimum absolute atomic E-state index is 0.113. The lowest BCUT2D eigenvalue weighted by molar-refractivity contribution is -0.140. The third-order valence-electron chi connectivity index (χ3n) is 2.82. The predicted octanol–water partition coefficient (Wildman–Crippen LogP) is 1.50. The third-order valence-corrected chi connectivity index (χ3v) is 2.82. The number of urea groups is 1. The molecule has 0 aromatic carbocycles. The van der Waals surface area contributed by atoms with Crippen molar-refractivity contribution in [3.63, 3.8) is 0 Å². The maximum Gasteiger partial charge on any atom is 0.326 e. The monoisotopic (exact) mass is 240 g/mol. The molecule has 0 saturated heterocycles. The molecule has 2 amide bonds. The van der Waals surface area contributed by atoms with Gasteiger partial charge in [0.15, 0.2) is 0 Å². The molecule has 0 aliphatic heterocycles. The molecule has 0 spiro atoms. The van der Waals surface area contributed by atoms with Gasteiger partial charge in [0.05, 0.1) is 0 Å². The summed E-state index contributed by atoms with van der Waals surface area (Å²) in [6, 6.07) is -1.12. The molecule has 1 unspecified atom stereocenters. The van der Waals surface area contributed by atoms with Gasteiger partial charge in [-0.3, -0.25) is 0 Å². The largest absolute Gasteiger partial charge is 0.480 e. The Hall–Kier alpha value is -1.52. The van der Waals surface area contributed by atoms with Gasteiger partial charge in [0.2, 0.25) is 0 Å². The molecule has 1 aliphatic carbocycles. The summed E-state index contributed by atoms with van der Waals surface area (Å²) < 4.78 is 0. The first-order valence-electron chi connectivity index (χ1n) is 5.95. The van der Waals surface area contributed by atoms with Crippen molar-refractivity contribution in [2.45, 2.75) is 45.2 Å². The van der Waals surface area contributed by atoms with Gasteiger partial charge in [-0.2, -0.15) is 0 Å². The maximum atomic E-state index is 11.6. The molecule has 5 heteroatoms. The van der Waals surface area contributed by atoms with E-state index >= 15 is 0 Å². The number of rotatable bonds is 4. The van der Waals surface area contributed by atoms with Gasteiger partial charge in [0, 0.05) is 6.04 Å². The summed E-state index contributed by atoms with van der Waals surface area (Å²) in [4.78, 5) is 22.5. The molecule has 3 N–H and O–H groups in total. The molecule has 0 radical (unpaired) electrons. The number of allylic oxidation sites excluding steroid dienone is 1. The molecule has 1 rings (SSSR count). The van der Waals surface area contributed by atoms with Gasteiger partial charge < -0.3 is 15.7 Å². The molecule has 5 nitrogen and oxygen atoms in total. The summed E-state index contributed by atoms with van der Waals surface area (Å²) in [7, 11) is 0. The first kappa shape index (κ1) is 13.5. The standard InChI is InChI=1S/C12H20N2O3/c1-8(2)10(11(15)16)14-12(17)13-9-6-4-3-5-7-9/h3-4,8-10H,5-7H2,1-2H3,(H,15,16)(H2,13,14,17)/t9?,10-/m0/s1. The van der Waals surface area contributed by atoms with Gasteiger partial charge in [-0.1, -0.05) is 26.0 Å². The molecule has 0 aromatic rings. The summed E-state index contributed by atoms with van der Waals surface area (Å²) in [6.45, 7) is 3.53. The molecule has 0 fully saturated rings. The van der Waals surface area contributed by atoms with Crippen molar-refractivity contribution in [3.05, 3.63) is 12.2 Å². The Bertz CT molecular complexity index is 313. The lowest BCUT2D eigenvalue weighted by Crippen LogP contribution is -2.51. The second kappa shape index (κ2) is 6.27. The third kappa shape index (κ3) is 4.46. The highest BCUT2D eigenvalue weighted by atomic mass is 16.4. The van der Waals surface area contributed by atoms with Crippen molar-refractivity contribution in [1.82, 2.24) is 10.6 Å². The van der Waals surface area contributed by atoms with Crippen LogP contribution in [0.3, 0.4) is 0 Å². The smallest absolute Gasteiger partial charge is 0.326 e. The van der Waals surface area contributed by atoms with E-state index in [0.717, 1.165) is 19.3 Å². The number of carbonyl (C=O) groups excluding carboxylic acids is 1. The number of amides is 2. The van der Waals surface area contributed by atoms with Crippen LogP contribution < -0.4 is 10.6 Å². The van der Waals surface area contributed by atoms with Crippen molar-refractivity contribution >= 4 is 12.0 Å². The fraction of sp³-hybridized carbons (Fsp3) is 0.667. The van der Waals surface area contributed by atoms with E-state index in [1.807, 2.05) is 6.08 Å². The van der Waals surface area contributed by atoms with Crippen molar-refractivity contribution in [3.8, 4) is 0 Å². The molecule has 2 atom stereocenters. The Labute approximate surface area is 101 Å². The van der Waals surface area contributed by atoms with Gasteiger partial charge in [-0.15, -0.1) is 0 Å². The highest BCUT2D eigenvalue weighted by Crippen LogP contribution is 2.10. The van der Waals surface area contributed by atoms with Crippen LogP contribution in [0.15, 0.2) is 12.2 Å². The molecular formula is C12H20N2O3. The SMILES string of the molecule is CC(C)[C@H](NC(=O)NC1CC=CCC1)C(=O)O. The van der Waals surface area contributed by atoms with Crippen LogP contribution in [0, 0.1) is 5.92 Å². The van der Waals surface area contributed by atoms with Crippen LogP contribution in [0.5, 0.6) is 0 Å². The molecule has 1 aliphatic rings. The summed E-state index contributed by atoms with van der Waals surface area (Å²) in [5.41, 5.74) is 0. The van der Waals surface area contributed by atoms with Crippen LogP contribution in [0.1, 0.15) is 33.1 Å². The Morgan fingerprint density at radius 2 is 2.06 bits per heavy atom. The second-order valence-electron chi connectivity index (χ2n) is 4.66. The van der Waals surface area contributed by atoms with Crippen LogP contribution >= 0.6 is 0 Å². The van der Waals surface area contributed by atoms with Gasteiger partial charge in [-0.05, 0) is 25.2 Å². The summed E-state index contributed by atoms with van der Waals surface area (Å²) >= 11 is 0. The first-order valence-corrected chi connectivity index (χ1v) is 5.95. The summed E-state index contributed by atoms with van der Waals surface area (Å²) in [6.07, 6.45) is 6.80. The van der Waals surface area contributed by atoms with Crippen molar-refractivity contribution in [2.75, 3.05) is 0 Å².